The molecule has 1 aromatic rings. The highest BCUT2D eigenvalue weighted by molar-refractivity contribution is 7.91. The first kappa shape index (κ1) is 12.6. The molecule has 2 atom stereocenters. The van der Waals surface area contributed by atoms with Gasteiger partial charge in [0.1, 0.15) is 4.21 Å². The molecule has 3 rings (SSSR count). The van der Waals surface area contributed by atoms with Crippen LogP contribution in [0.1, 0.15) is 38.5 Å². The molecule has 1 aliphatic carbocycles. The second kappa shape index (κ2) is 4.94. The van der Waals surface area contributed by atoms with E-state index in [0.29, 0.717) is 16.7 Å². The largest absolute Gasteiger partial charge is 0.252 e. The number of hydrogen-bond donors (Lipinski definition) is 0. The molecule has 2 heterocycles. The summed E-state index contributed by atoms with van der Waals surface area (Å²) >= 11 is 1.33. The molecule has 0 radical (unpaired) electrons. The zero-order valence-electron chi connectivity index (χ0n) is 10.4. The first-order valence-corrected chi connectivity index (χ1v) is 9.07. The van der Waals surface area contributed by atoms with Crippen LogP contribution in [0.15, 0.2) is 21.7 Å². The van der Waals surface area contributed by atoms with Crippen molar-refractivity contribution in [3.05, 3.63) is 17.5 Å². The Bertz CT molecular complexity index is 493. The first-order valence-electron chi connectivity index (χ1n) is 6.75. The van der Waals surface area contributed by atoms with E-state index in [4.69, 9.17) is 0 Å². The molecule has 100 valence electrons. The Hall–Kier alpha value is -0.390. The molecule has 0 spiro atoms. The normalized spacial score (nSPS) is 30.0. The molecule has 3 nitrogen and oxygen atoms in total. The first-order chi connectivity index (χ1) is 8.69. The molecular formula is C13H19NO2S2. The minimum atomic E-state index is -3.24. The van der Waals surface area contributed by atoms with Gasteiger partial charge in [-0.15, -0.1) is 11.3 Å². The van der Waals surface area contributed by atoms with Gasteiger partial charge in [-0.05, 0) is 43.0 Å². The van der Waals surface area contributed by atoms with Crippen LogP contribution in [0.3, 0.4) is 0 Å². The lowest BCUT2D eigenvalue weighted by molar-refractivity contribution is 0.129. The second-order valence-electron chi connectivity index (χ2n) is 5.30. The van der Waals surface area contributed by atoms with Gasteiger partial charge in [0, 0.05) is 12.6 Å². The Morgan fingerprint density at radius 3 is 2.72 bits per heavy atom. The van der Waals surface area contributed by atoms with Gasteiger partial charge in [-0.3, -0.25) is 0 Å². The maximum Gasteiger partial charge on any atom is 0.252 e. The highest BCUT2D eigenvalue weighted by atomic mass is 32.2. The van der Waals surface area contributed by atoms with Crippen LogP contribution in [0.25, 0.3) is 0 Å². The molecule has 2 aliphatic rings. The average Bonchev–Trinajstić information content (AvgIpc) is 2.92. The highest BCUT2D eigenvalue weighted by Gasteiger charge is 2.40. The van der Waals surface area contributed by atoms with Crippen molar-refractivity contribution in [3.63, 3.8) is 0 Å². The third-order valence-corrected chi connectivity index (χ3v) is 7.55. The van der Waals surface area contributed by atoms with Gasteiger partial charge in [0.25, 0.3) is 10.0 Å². The maximum absolute atomic E-state index is 12.6. The van der Waals surface area contributed by atoms with Gasteiger partial charge in [-0.2, -0.15) is 4.31 Å². The van der Waals surface area contributed by atoms with Crippen molar-refractivity contribution >= 4 is 21.4 Å². The van der Waals surface area contributed by atoms with E-state index in [1.54, 1.807) is 10.4 Å². The summed E-state index contributed by atoms with van der Waals surface area (Å²) in [6.45, 7) is 0.710. The molecule has 2 fully saturated rings. The Morgan fingerprint density at radius 1 is 1.17 bits per heavy atom. The van der Waals surface area contributed by atoms with Crippen LogP contribution < -0.4 is 0 Å². The molecule has 0 aromatic carbocycles. The van der Waals surface area contributed by atoms with Crippen LogP contribution in [0.2, 0.25) is 0 Å². The van der Waals surface area contributed by atoms with Crippen molar-refractivity contribution in [2.45, 2.75) is 48.8 Å². The molecule has 18 heavy (non-hydrogen) atoms. The van der Waals surface area contributed by atoms with Crippen molar-refractivity contribution < 1.29 is 8.42 Å². The van der Waals surface area contributed by atoms with Gasteiger partial charge in [-0.25, -0.2) is 8.42 Å². The molecule has 1 aromatic heterocycles. The van der Waals surface area contributed by atoms with Crippen molar-refractivity contribution in [1.29, 1.82) is 0 Å². The summed E-state index contributed by atoms with van der Waals surface area (Å²) in [6, 6.07) is 3.81. The molecule has 1 saturated heterocycles. The second-order valence-corrected chi connectivity index (χ2v) is 8.37. The molecule has 0 amide bonds. The fourth-order valence-corrected chi connectivity index (χ4v) is 6.28. The SMILES string of the molecule is O=S(=O)(c1cccs1)N1CCC[C@@H]2CCCC[C@@H]21. The predicted octanol–water partition coefficient (Wildman–Crippen LogP) is 3.09. The van der Waals surface area contributed by atoms with Crippen LogP contribution in [0, 0.1) is 5.92 Å². The Balaban J connectivity index is 1.90. The van der Waals surface area contributed by atoms with E-state index in [1.807, 2.05) is 11.4 Å². The summed E-state index contributed by atoms with van der Waals surface area (Å²) in [7, 11) is -3.24. The molecule has 5 heteroatoms. The lowest BCUT2D eigenvalue weighted by atomic mass is 9.79. The Kier molecular flexibility index (Phi) is 3.47. The van der Waals surface area contributed by atoms with Crippen molar-refractivity contribution in [2.24, 2.45) is 5.92 Å². The minimum Gasteiger partial charge on any atom is -0.206 e. The number of fused-ring (bicyclic) bond motifs is 1. The summed E-state index contributed by atoms with van der Waals surface area (Å²) in [4.78, 5) is 0. The van der Waals surface area contributed by atoms with Crippen LogP contribution in [-0.4, -0.2) is 25.3 Å². The van der Waals surface area contributed by atoms with Gasteiger partial charge < -0.3 is 0 Å². The number of sulfonamides is 1. The summed E-state index contributed by atoms with van der Waals surface area (Å²) < 4.78 is 27.6. The monoisotopic (exact) mass is 285 g/mol. The van der Waals surface area contributed by atoms with Gasteiger partial charge >= 0.3 is 0 Å². The number of nitrogens with zero attached hydrogens (tertiary/aromatic N) is 1. The standard InChI is InChI=1S/C13H19NO2S2/c15-18(16,13-8-4-10-17-13)14-9-3-6-11-5-1-2-7-12(11)14/h4,8,10-12H,1-3,5-7,9H2/t11-,12-/m0/s1. The van der Waals surface area contributed by atoms with Crippen molar-refractivity contribution in [1.82, 2.24) is 4.31 Å². The molecule has 0 bridgehead atoms. The van der Waals surface area contributed by atoms with Gasteiger partial charge in [-0.1, -0.05) is 18.9 Å². The van der Waals surface area contributed by atoms with Gasteiger partial charge in [0.2, 0.25) is 0 Å². The quantitative estimate of drug-likeness (QED) is 0.837. The van der Waals surface area contributed by atoms with Crippen molar-refractivity contribution in [3.8, 4) is 0 Å². The molecule has 0 N–H and O–H groups in total. The van der Waals surface area contributed by atoms with E-state index >= 15 is 0 Å². The highest BCUT2D eigenvalue weighted by Crippen LogP contribution is 2.38. The maximum atomic E-state index is 12.6. The van der Waals surface area contributed by atoms with E-state index in [1.165, 1.54) is 37.0 Å². The average molecular weight is 285 g/mol. The smallest absolute Gasteiger partial charge is 0.206 e. The topological polar surface area (TPSA) is 37.4 Å². The number of hydrogen-bond acceptors (Lipinski definition) is 3. The molecule has 1 saturated carbocycles. The van der Waals surface area contributed by atoms with Crippen LogP contribution in [0.5, 0.6) is 0 Å². The van der Waals surface area contributed by atoms with Crippen LogP contribution >= 0.6 is 11.3 Å². The van der Waals surface area contributed by atoms with E-state index in [0.717, 1.165) is 12.8 Å². The van der Waals surface area contributed by atoms with Gasteiger partial charge in [0.15, 0.2) is 0 Å². The number of thiophene rings is 1. The lowest BCUT2D eigenvalue weighted by Gasteiger charge is -2.42. The number of rotatable bonds is 2. The molecule has 0 unspecified atom stereocenters. The third-order valence-electron chi connectivity index (χ3n) is 4.25. The van der Waals surface area contributed by atoms with E-state index in [-0.39, 0.29) is 6.04 Å². The summed E-state index contributed by atoms with van der Waals surface area (Å²) in [5, 5.41) is 1.84. The van der Waals surface area contributed by atoms with Crippen LogP contribution in [0.4, 0.5) is 0 Å². The third kappa shape index (κ3) is 2.12. The molecular weight excluding hydrogens is 266 g/mol. The number of piperidine rings is 1. The van der Waals surface area contributed by atoms with E-state index in [9.17, 15) is 8.42 Å². The van der Waals surface area contributed by atoms with Crippen LogP contribution in [-0.2, 0) is 10.0 Å². The lowest BCUT2D eigenvalue weighted by Crippen LogP contribution is -2.49. The Labute approximate surface area is 113 Å². The summed E-state index contributed by atoms with van der Waals surface area (Å²) in [5.41, 5.74) is 0. The Morgan fingerprint density at radius 2 is 1.94 bits per heavy atom. The summed E-state index contributed by atoms with van der Waals surface area (Å²) in [6.07, 6.45) is 6.94. The fraction of sp³-hybridized carbons (Fsp3) is 0.692. The predicted molar refractivity (Wildman–Crippen MR) is 73.2 cm³/mol. The van der Waals surface area contributed by atoms with Gasteiger partial charge in [0.05, 0.1) is 0 Å². The van der Waals surface area contributed by atoms with Crippen molar-refractivity contribution in [2.75, 3.05) is 6.54 Å². The van der Waals surface area contributed by atoms with E-state index < -0.39 is 10.0 Å². The minimum absolute atomic E-state index is 0.264. The summed E-state index contributed by atoms with van der Waals surface area (Å²) in [5.74, 6) is 0.599. The molecule has 1 aliphatic heterocycles. The zero-order valence-corrected chi connectivity index (χ0v) is 12.0. The zero-order chi connectivity index (χ0) is 12.6. The fourth-order valence-electron chi connectivity index (χ4n) is 3.40. The van der Waals surface area contributed by atoms with E-state index in [2.05, 4.69) is 0 Å².